The van der Waals surface area contributed by atoms with E-state index in [1.807, 2.05) is 42.5 Å². The number of rotatable bonds is 3. The van der Waals surface area contributed by atoms with E-state index < -0.39 is 0 Å². The summed E-state index contributed by atoms with van der Waals surface area (Å²) in [5.41, 5.74) is 2.23. The van der Waals surface area contributed by atoms with E-state index in [4.69, 9.17) is 4.74 Å². The van der Waals surface area contributed by atoms with Crippen LogP contribution in [0.3, 0.4) is 0 Å². The number of allylic oxidation sites excluding steroid dienone is 2. The minimum atomic E-state index is -0.297. The third-order valence-electron chi connectivity index (χ3n) is 2.87. The van der Waals surface area contributed by atoms with Crippen LogP contribution in [0, 0.1) is 0 Å². The number of amides is 1. The van der Waals surface area contributed by atoms with Crippen LogP contribution >= 0.6 is 0 Å². The monoisotopic (exact) mass is 243 g/mol. The minimum Gasteiger partial charge on any atom is -0.444 e. The fraction of sp³-hybridized carbons (Fsp3) is 0.267. The third kappa shape index (κ3) is 3.23. The third-order valence-corrected chi connectivity index (χ3v) is 2.87. The van der Waals surface area contributed by atoms with Crippen LogP contribution in [0.15, 0.2) is 54.3 Å². The molecular weight excluding hydrogens is 226 g/mol. The Morgan fingerprint density at radius 3 is 2.83 bits per heavy atom. The summed E-state index contributed by atoms with van der Waals surface area (Å²) in [6.07, 6.45) is 6.33. The van der Waals surface area contributed by atoms with E-state index >= 15 is 0 Å². The van der Waals surface area contributed by atoms with Gasteiger partial charge in [-0.2, -0.15) is 0 Å². The van der Waals surface area contributed by atoms with Gasteiger partial charge in [0.1, 0.15) is 6.61 Å². The molecule has 0 fully saturated rings. The summed E-state index contributed by atoms with van der Waals surface area (Å²) in [6, 6.07) is 9.69. The fourth-order valence-electron chi connectivity index (χ4n) is 1.76. The molecule has 1 aliphatic rings. The van der Waals surface area contributed by atoms with Gasteiger partial charge in [-0.15, -0.1) is 0 Å². The molecule has 1 heterocycles. The highest BCUT2D eigenvalue weighted by atomic mass is 16.6. The average Bonchev–Trinajstić information content (AvgIpc) is 2.46. The van der Waals surface area contributed by atoms with Crippen LogP contribution in [0.1, 0.15) is 18.9 Å². The average molecular weight is 243 g/mol. The molecule has 0 bridgehead atoms. The van der Waals surface area contributed by atoms with Crippen LogP contribution in [0.25, 0.3) is 0 Å². The highest BCUT2D eigenvalue weighted by Crippen LogP contribution is 2.12. The summed E-state index contributed by atoms with van der Waals surface area (Å²) in [5, 5.41) is 0. The number of hydrogen-bond acceptors (Lipinski definition) is 2. The Labute approximate surface area is 107 Å². The molecule has 1 aromatic rings. The van der Waals surface area contributed by atoms with E-state index in [0.29, 0.717) is 13.2 Å². The summed E-state index contributed by atoms with van der Waals surface area (Å²) in [6.45, 7) is 3.02. The predicted octanol–water partition coefficient (Wildman–Crippen LogP) is 3.49. The lowest BCUT2D eigenvalue weighted by Crippen LogP contribution is -2.29. The molecule has 0 aliphatic carbocycles. The Morgan fingerprint density at radius 2 is 2.11 bits per heavy atom. The fourth-order valence-corrected chi connectivity index (χ4v) is 1.76. The first-order chi connectivity index (χ1) is 8.79. The normalized spacial score (nSPS) is 14.3. The van der Waals surface area contributed by atoms with Gasteiger partial charge in [0.25, 0.3) is 0 Å². The molecule has 3 nitrogen and oxygen atoms in total. The van der Waals surface area contributed by atoms with Crippen molar-refractivity contribution >= 4 is 6.09 Å². The molecule has 3 heteroatoms. The maximum Gasteiger partial charge on any atom is 0.414 e. The number of nitrogens with zero attached hydrogens (tertiary/aromatic N) is 1. The standard InChI is InChI=1S/C15H17NO2/c1-2-13-9-6-10-16(11-13)15(17)18-12-14-7-4-3-5-8-14/h3-10H,2,11-12H2,1H3. The first-order valence-corrected chi connectivity index (χ1v) is 6.13. The first kappa shape index (κ1) is 12.4. The zero-order valence-corrected chi connectivity index (χ0v) is 10.5. The summed E-state index contributed by atoms with van der Waals surface area (Å²) >= 11 is 0. The lowest BCUT2D eigenvalue weighted by Gasteiger charge is -2.21. The topological polar surface area (TPSA) is 29.5 Å². The van der Waals surface area contributed by atoms with Gasteiger partial charge in [-0.3, -0.25) is 4.90 Å². The lowest BCUT2D eigenvalue weighted by atomic mass is 10.1. The SMILES string of the molecule is CCC1=CC=CN(C(=O)OCc2ccccc2)C1. The Morgan fingerprint density at radius 1 is 1.33 bits per heavy atom. The molecule has 0 saturated heterocycles. The van der Waals surface area contributed by atoms with Crippen molar-refractivity contribution in [1.29, 1.82) is 0 Å². The highest BCUT2D eigenvalue weighted by Gasteiger charge is 2.15. The van der Waals surface area contributed by atoms with Crippen molar-refractivity contribution in [3.05, 3.63) is 59.8 Å². The molecule has 0 atom stereocenters. The van der Waals surface area contributed by atoms with Crippen molar-refractivity contribution in [2.45, 2.75) is 20.0 Å². The van der Waals surface area contributed by atoms with E-state index in [2.05, 4.69) is 6.92 Å². The van der Waals surface area contributed by atoms with Crippen LogP contribution < -0.4 is 0 Å². The van der Waals surface area contributed by atoms with E-state index in [1.54, 1.807) is 11.1 Å². The molecule has 0 unspecified atom stereocenters. The van der Waals surface area contributed by atoms with Gasteiger partial charge >= 0.3 is 6.09 Å². The van der Waals surface area contributed by atoms with Gasteiger partial charge in [0.2, 0.25) is 0 Å². The highest BCUT2D eigenvalue weighted by molar-refractivity contribution is 5.69. The van der Waals surface area contributed by atoms with Crippen molar-refractivity contribution in [3.63, 3.8) is 0 Å². The summed E-state index contributed by atoms with van der Waals surface area (Å²) in [7, 11) is 0. The van der Waals surface area contributed by atoms with Gasteiger partial charge in [-0.25, -0.2) is 4.79 Å². The summed E-state index contributed by atoms with van der Waals surface area (Å²) in [4.78, 5) is 13.5. The van der Waals surface area contributed by atoms with Gasteiger partial charge < -0.3 is 4.74 Å². The zero-order chi connectivity index (χ0) is 12.8. The summed E-state index contributed by atoms with van der Waals surface area (Å²) in [5.74, 6) is 0. The number of ether oxygens (including phenoxy) is 1. The molecule has 1 aromatic carbocycles. The quantitative estimate of drug-likeness (QED) is 0.813. The molecule has 0 radical (unpaired) electrons. The first-order valence-electron chi connectivity index (χ1n) is 6.13. The number of carbonyl (C=O) groups is 1. The zero-order valence-electron chi connectivity index (χ0n) is 10.5. The van der Waals surface area contributed by atoms with Gasteiger partial charge in [0, 0.05) is 12.7 Å². The number of hydrogen-bond donors (Lipinski definition) is 0. The van der Waals surface area contributed by atoms with Crippen molar-refractivity contribution < 1.29 is 9.53 Å². The van der Waals surface area contributed by atoms with E-state index in [1.165, 1.54) is 5.57 Å². The maximum atomic E-state index is 11.9. The van der Waals surface area contributed by atoms with Gasteiger partial charge in [0.05, 0.1) is 0 Å². The second-order valence-electron chi connectivity index (χ2n) is 4.19. The molecule has 1 aliphatic heterocycles. The summed E-state index contributed by atoms with van der Waals surface area (Å²) < 4.78 is 5.27. The lowest BCUT2D eigenvalue weighted by molar-refractivity contribution is 0.112. The van der Waals surface area contributed by atoms with Crippen molar-refractivity contribution in [2.75, 3.05) is 6.54 Å². The Kier molecular flexibility index (Phi) is 4.18. The van der Waals surface area contributed by atoms with E-state index in [0.717, 1.165) is 12.0 Å². The molecule has 2 rings (SSSR count). The van der Waals surface area contributed by atoms with Gasteiger partial charge in [0.15, 0.2) is 0 Å². The molecule has 0 saturated carbocycles. The van der Waals surface area contributed by atoms with Crippen LogP contribution in [0.4, 0.5) is 4.79 Å². The molecule has 18 heavy (non-hydrogen) atoms. The molecule has 94 valence electrons. The Bertz CT molecular complexity index is 463. The van der Waals surface area contributed by atoms with Crippen LogP contribution in [0.5, 0.6) is 0 Å². The second-order valence-corrected chi connectivity index (χ2v) is 4.19. The van der Waals surface area contributed by atoms with Gasteiger partial charge in [-0.1, -0.05) is 48.9 Å². The number of carbonyl (C=O) groups excluding carboxylic acids is 1. The van der Waals surface area contributed by atoms with Crippen molar-refractivity contribution in [1.82, 2.24) is 4.90 Å². The Hall–Kier alpha value is -2.03. The number of benzene rings is 1. The van der Waals surface area contributed by atoms with Crippen molar-refractivity contribution in [2.24, 2.45) is 0 Å². The van der Waals surface area contributed by atoms with Gasteiger partial charge in [-0.05, 0) is 18.1 Å². The van der Waals surface area contributed by atoms with E-state index in [-0.39, 0.29) is 6.09 Å². The molecule has 1 amide bonds. The molecule has 0 aromatic heterocycles. The predicted molar refractivity (Wildman–Crippen MR) is 70.8 cm³/mol. The van der Waals surface area contributed by atoms with Crippen LogP contribution in [0.2, 0.25) is 0 Å². The molecule has 0 spiro atoms. The maximum absolute atomic E-state index is 11.9. The smallest absolute Gasteiger partial charge is 0.414 e. The molecular formula is C15H17NO2. The van der Waals surface area contributed by atoms with Crippen LogP contribution in [-0.2, 0) is 11.3 Å². The van der Waals surface area contributed by atoms with Crippen LogP contribution in [-0.4, -0.2) is 17.5 Å². The Balaban J connectivity index is 1.86. The largest absolute Gasteiger partial charge is 0.444 e. The van der Waals surface area contributed by atoms with Crippen molar-refractivity contribution in [3.8, 4) is 0 Å². The molecule has 0 N–H and O–H groups in total. The van der Waals surface area contributed by atoms with E-state index in [9.17, 15) is 4.79 Å². The minimum absolute atomic E-state index is 0.297. The second kappa shape index (κ2) is 6.05.